The number of fused-ring (bicyclic) bond motifs is 1. The lowest BCUT2D eigenvalue weighted by Gasteiger charge is -2.14. The van der Waals surface area contributed by atoms with E-state index in [0.29, 0.717) is 33.4 Å². The monoisotopic (exact) mass is 326 g/mol. The van der Waals surface area contributed by atoms with Gasteiger partial charge in [-0.05, 0) is 30.7 Å². The maximum absolute atomic E-state index is 12.2. The highest BCUT2D eigenvalue weighted by Crippen LogP contribution is 2.36. The Morgan fingerprint density at radius 3 is 2.50 bits per heavy atom. The number of benzene rings is 2. The molecule has 3 aromatic rings. The van der Waals surface area contributed by atoms with Crippen molar-refractivity contribution in [3.8, 4) is 22.6 Å². The van der Waals surface area contributed by atoms with Gasteiger partial charge in [0, 0.05) is 17.4 Å². The van der Waals surface area contributed by atoms with Crippen LogP contribution in [-0.2, 0) is 6.42 Å². The van der Waals surface area contributed by atoms with Gasteiger partial charge >= 0.3 is 5.63 Å². The Bertz CT molecular complexity index is 940. The molecule has 24 heavy (non-hydrogen) atoms. The quantitative estimate of drug-likeness (QED) is 0.770. The van der Waals surface area contributed by atoms with E-state index in [1.807, 2.05) is 12.1 Å². The third-order valence-corrected chi connectivity index (χ3v) is 3.86. The highest BCUT2D eigenvalue weighted by atomic mass is 16.5. The summed E-state index contributed by atoms with van der Waals surface area (Å²) in [5.74, 6) is 0.740. The maximum Gasteiger partial charge on any atom is 0.343 e. The molecule has 1 aromatic heterocycles. The highest BCUT2D eigenvalue weighted by Gasteiger charge is 2.18. The smallest absolute Gasteiger partial charge is 0.343 e. The lowest BCUT2D eigenvalue weighted by Crippen LogP contribution is -2.11. The molecule has 0 spiro atoms. The Morgan fingerprint density at radius 1 is 1.17 bits per heavy atom. The molecule has 124 valence electrons. The van der Waals surface area contributed by atoms with E-state index in [1.165, 1.54) is 7.11 Å². The predicted octanol–water partition coefficient (Wildman–Crippen LogP) is 3.10. The lowest BCUT2D eigenvalue weighted by molar-refractivity contribution is 0.186. The topological polar surface area (TPSA) is 79.9 Å². The van der Waals surface area contributed by atoms with Gasteiger partial charge in [0.05, 0.1) is 18.6 Å². The summed E-state index contributed by atoms with van der Waals surface area (Å²) in [5, 5.41) is 21.0. The molecule has 0 aliphatic rings. The number of aliphatic hydroxyl groups is 1. The van der Waals surface area contributed by atoms with Crippen LogP contribution in [0.25, 0.3) is 21.9 Å². The third kappa shape index (κ3) is 2.86. The fourth-order valence-electron chi connectivity index (χ4n) is 2.82. The average Bonchev–Trinajstić information content (AvgIpc) is 2.54. The molecular weight excluding hydrogens is 308 g/mol. The molecule has 0 amide bonds. The predicted molar refractivity (Wildman–Crippen MR) is 91.5 cm³/mol. The molecule has 0 bridgehead atoms. The van der Waals surface area contributed by atoms with Gasteiger partial charge in [0.15, 0.2) is 11.5 Å². The molecule has 1 unspecified atom stereocenters. The summed E-state index contributed by atoms with van der Waals surface area (Å²) in [4.78, 5) is 12.2. The Balaban J connectivity index is 2.33. The first-order chi connectivity index (χ1) is 11.5. The van der Waals surface area contributed by atoms with Crippen molar-refractivity contribution in [2.75, 3.05) is 7.11 Å². The summed E-state index contributed by atoms with van der Waals surface area (Å²) >= 11 is 0. The van der Waals surface area contributed by atoms with Gasteiger partial charge in [-0.2, -0.15) is 0 Å². The number of hydrogen-bond donors (Lipinski definition) is 2. The summed E-state index contributed by atoms with van der Waals surface area (Å²) in [6.07, 6.45) is -0.470. The van der Waals surface area contributed by atoms with Crippen molar-refractivity contribution in [1.82, 2.24) is 0 Å². The standard InChI is InChI=1S/C19H18O5/c1-11(20)9-17-18(12-7-8-16(23-2)15(21)10-12)13-5-3-4-6-14(13)19(22)24-17/h3-8,10-11,20-21H,9H2,1-2H3. The molecule has 0 saturated carbocycles. The van der Waals surface area contributed by atoms with Crippen LogP contribution >= 0.6 is 0 Å². The van der Waals surface area contributed by atoms with Crippen LogP contribution in [0.3, 0.4) is 0 Å². The summed E-state index contributed by atoms with van der Waals surface area (Å²) in [6, 6.07) is 12.1. The second kappa shape index (κ2) is 6.37. The van der Waals surface area contributed by atoms with E-state index >= 15 is 0 Å². The largest absolute Gasteiger partial charge is 0.504 e. The Labute approximate surface area is 138 Å². The van der Waals surface area contributed by atoms with E-state index in [2.05, 4.69) is 0 Å². The number of aliphatic hydroxyl groups excluding tert-OH is 1. The van der Waals surface area contributed by atoms with Gasteiger partial charge in [-0.25, -0.2) is 4.79 Å². The minimum absolute atomic E-state index is 0.00622. The molecule has 3 rings (SSSR count). The minimum atomic E-state index is -0.667. The van der Waals surface area contributed by atoms with E-state index in [4.69, 9.17) is 9.15 Å². The highest BCUT2D eigenvalue weighted by molar-refractivity contribution is 5.97. The summed E-state index contributed by atoms with van der Waals surface area (Å²) < 4.78 is 10.5. The second-order valence-corrected chi connectivity index (χ2v) is 5.67. The summed E-state index contributed by atoms with van der Waals surface area (Å²) in [6.45, 7) is 1.63. The van der Waals surface area contributed by atoms with Crippen LogP contribution in [0.4, 0.5) is 0 Å². The first-order valence-electron chi connectivity index (χ1n) is 7.61. The molecule has 0 aliphatic heterocycles. The second-order valence-electron chi connectivity index (χ2n) is 5.67. The van der Waals surface area contributed by atoms with Crippen LogP contribution in [0.5, 0.6) is 11.5 Å². The molecule has 1 atom stereocenters. The van der Waals surface area contributed by atoms with E-state index in [1.54, 1.807) is 37.3 Å². The third-order valence-electron chi connectivity index (χ3n) is 3.86. The van der Waals surface area contributed by atoms with Gasteiger partial charge in [0.25, 0.3) is 0 Å². The van der Waals surface area contributed by atoms with Gasteiger partial charge in [0.1, 0.15) is 5.76 Å². The van der Waals surface area contributed by atoms with Crippen LogP contribution in [-0.4, -0.2) is 23.4 Å². The van der Waals surface area contributed by atoms with E-state index in [0.717, 1.165) is 0 Å². The Morgan fingerprint density at radius 2 is 1.88 bits per heavy atom. The normalized spacial score (nSPS) is 12.3. The zero-order chi connectivity index (χ0) is 17.3. The van der Waals surface area contributed by atoms with E-state index in [9.17, 15) is 15.0 Å². The Kier molecular flexibility index (Phi) is 4.27. The SMILES string of the molecule is COc1ccc(-c2c(CC(C)O)oc(=O)c3ccccc23)cc1O. The first kappa shape index (κ1) is 16.1. The average molecular weight is 326 g/mol. The van der Waals surface area contributed by atoms with Crippen LogP contribution < -0.4 is 10.4 Å². The summed E-state index contributed by atoms with van der Waals surface area (Å²) in [7, 11) is 1.48. The zero-order valence-electron chi connectivity index (χ0n) is 13.4. The van der Waals surface area contributed by atoms with Gasteiger partial charge in [-0.15, -0.1) is 0 Å². The van der Waals surface area contributed by atoms with E-state index in [-0.39, 0.29) is 12.2 Å². The number of phenols is 1. The van der Waals surface area contributed by atoms with Gasteiger partial charge in [-0.3, -0.25) is 0 Å². The van der Waals surface area contributed by atoms with Crippen LogP contribution in [0.1, 0.15) is 12.7 Å². The summed E-state index contributed by atoms with van der Waals surface area (Å²) in [5.41, 5.74) is 0.927. The molecule has 1 heterocycles. The molecule has 0 radical (unpaired) electrons. The fourth-order valence-corrected chi connectivity index (χ4v) is 2.82. The van der Waals surface area contributed by atoms with Crippen molar-refractivity contribution >= 4 is 10.8 Å². The van der Waals surface area contributed by atoms with Crippen LogP contribution in [0, 0.1) is 0 Å². The molecule has 5 heteroatoms. The van der Waals surface area contributed by atoms with Crippen molar-refractivity contribution in [3.05, 3.63) is 58.6 Å². The Hall–Kier alpha value is -2.79. The molecule has 5 nitrogen and oxygen atoms in total. The van der Waals surface area contributed by atoms with Crippen molar-refractivity contribution in [1.29, 1.82) is 0 Å². The number of methoxy groups -OCH3 is 1. The molecule has 2 N–H and O–H groups in total. The fraction of sp³-hybridized carbons (Fsp3) is 0.211. The zero-order valence-corrected chi connectivity index (χ0v) is 13.4. The van der Waals surface area contributed by atoms with Crippen molar-refractivity contribution < 1.29 is 19.4 Å². The van der Waals surface area contributed by atoms with Gasteiger partial charge < -0.3 is 19.4 Å². The lowest BCUT2D eigenvalue weighted by atomic mass is 9.96. The number of phenolic OH excluding ortho intramolecular Hbond substituents is 1. The number of hydrogen-bond acceptors (Lipinski definition) is 5. The molecule has 0 fully saturated rings. The molecular formula is C19H18O5. The van der Waals surface area contributed by atoms with E-state index < -0.39 is 11.7 Å². The van der Waals surface area contributed by atoms with Crippen LogP contribution in [0.15, 0.2) is 51.7 Å². The number of rotatable bonds is 4. The molecule has 0 saturated heterocycles. The minimum Gasteiger partial charge on any atom is -0.504 e. The van der Waals surface area contributed by atoms with Crippen molar-refractivity contribution in [3.63, 3.8) is 0 Å². The van der Waals surface area contributed by atoms with Crippen molar-refractivity contribution in [2.24, 2.45) is 0 Å². The first-order valence-corrected chi connectivity index (χ1v) is 7.61. The van der Waals surface area contributed by atoms with Gasteiger partial charge in [-0.1, -0.05) is 24.3 Å². The van der Waals surface area contributed by atoms with Gasteiger partial charge in [0.2, 0.25) is 0 Å². The number of aromatic hydroxyl groups is 1. The molecule has 0 aliphatic carbocycles. The van der Waals surface area contributed by atoms with Crippen LogP contribution in [0.2, 0.25) is 0 Å². The maximum atomic E-state index is 12.2. The molecule has 2 aromatic carbocycles. The number of ether oxygens (including phenoxy) is 1. The van der Waals surface area contributed by atoms with Crippen molar-refractivity contribution in [2.45, 2.75) is 19.4 Å².